The number of aromatic nitrogens is 1. The van der Waals surface area contributed by atoms with Crippen LogP contribution in [-0.4, -0.2) is 34.5 Å². The van der Waals surface area contributed by atoms with Gasteiger partial charge < -0.3 is 14.9 Å². The molecule has 33 heavy (non-hydrogen) atoms. The van der Waals surface area contributed by atoms with Gasteiger partial charge >= 0.3 is 0 Å². The number of benzene rings is 1. The van der Waals surface area contributed by atoms with Crippen molar-refractivity contribution in [2.24, 2.45) is 29.1 Å². The van der Waals surface area contributed by atoms with E-state index < -0.39 is 0 Å². The third-order valence-corrected chi connectivity index (χ3v) is 9.77. The van der Waals surface area contributed by atoms with Crippen LogP contribution < -0.4 is 4.74 Å². The van der Waals surface area contributed by atoms with Crippen molar-refractivity contribution < 1.29 is 14.9 Å². The molecular formula is C28H36ClNO3. The summed E-state index contributed by atoms with van der Waals surface area (Å²) in [5.74, 6) is 2.00. The molecule has 4 nitrogen and oxygen atoms in total. The zero-order valence-corrected chi connectivity index (χ0v) is 20.5. The number of para-hydroxylation sites is 1. The molecule has 3 aliphatic carbocycles. The van der Waals surface area contributed by atoms with Crippen molar-refractivity contribution in [1.82, 2.24) is 4.98 Å². The smallest absolute Gasteiger partial charge is 0.129 e. The number of hydrogen-bond donors (Lipinski definition) is 2. The van der Waals surface area contributed by atoms with Gasteiger partial charge in [-0.2, -0.15) is 0 Å². The molecule has 0 radical (unpaired) electrons. The minimum atomic E-state index is -0.0389. The number of hydrogen-bond acceptors (Lipinski definition) is 4. The summed E-state index contributed by atoms with van der Waals surface area (Å²) in [7, 11) is 0. The maximum Gasteiger partial charge on any atom is 0.129 e. The van der Waals surface area contributed by atoms with E-state index in [1.165, 1.54) is 5.56 Å². The second kappa shape index (κ2) is 8.87. The van der Waals surface area contributed by atoms with Gasteiger partial charge in [-0.15, -0.1) is 0 Å². The molecule has 2 saturated carbocycles. The summed E-state index contributed by atoms with van der Waals surface area (Å²) >= 11 is 6.27. The summed E-state index contributed by atoms with van der Waals surface area (Å²) in [6.45, 7) is 5.03. The number of aliphatic hydroxyl groups excluding tert-OH is 2. The van der Waals surface area contributed by atoms with Crippen LogP contribution in [0.1, 0.15) is 57.2 Å². The third kappa shape index (κ3) is 3.88. The van der Waals surface area contributed by atoms with Gasteiger partial charge in [-0.1, -0.05) is 49.7 Å². The first kappa shape index (κ1) is 23.1. The summed E-state index contributed by atoms with van der Waals surface area (Å²) in [4.78, 5) is 4.74. The average molecular weight is 470 g/mol. The van der Waals surface area contributed by atoms with Crippen LogP contribution in [0.5, 0.6) is 5.75 Å². The molecule has 1 aromatic carbocycles. The first-order valence-electron chi connectivity index (χ1n) is 12.5. The monoisotopic (exact) mass is 469 g/mol. The van der Waals surface area contributed by atoms with Crippen molar-refractivity contribution in [3.05, 3.63) is 58.9 Å². The molecule has 0 amide bonds. The van der Waals surface area contributed by atoms with E-state index in [0.717, 1.165) is 50.0 Å². The van der Waals surface area contributed by atoms with Crippen LogP contribution in [0.4, 0.5) is 0 Å². The van der Waals surface area contributed by atoms with E-state index in [4.69, 9.17) is 21.3 Å². The van der Waals surface area contributed by atoms with Gasteiger partial charge in [-0.3, -0.25) is 0 Å². The standard InChI is InChI=1S/C28H36ClNO3/c1-27(12-10-21(15-19(27)16-31)33-20-6-4-3-5-7-20)23-11-13-28(2)24(22(23)17-32)14-18-8-9-25(29)30-26(18)28/h3-9,19,21-24,31-32H,10-17H2,1-2H3/t19-,21+,22-,23+,24+,27+,28+/m1/s1. The highest BCUT2D eigenvalue weighted by atomic mass is 35.5. The summed E-state index contributed by atoms with van der Waals surface area (Å²) in [5, 5.41) is 21.7. The molecule has 1 aromatic heterocycles. The molecule has 1 heterocycles. The Balaban J connectivity index is 1.38. The Hall–Kier alpha value is -1.62. The largest absolute Gasteiger partial charge is 0.490 e. The Bertz CT molecular complexity index is 984. The predicted molar refractivity (Wildman–Crippen MR) is 130 cm³/mol. The van der Waals surface area contributed by atoms with Gasteiger partial charge in [0, 0.05) is 18.6 Å². The van der Waals surface area contributed by atoms with Crippen molar-refractivity contribution in [3.63, 3.8) is 0 Å². The minimum Gasteiger partial charge on any atom is -0.490 e. The second-order valence-corrected chi connectivity index (χ2v) is 11.5. The molecular weight excluding hydrogens is 434 g/mol. The molecule has 2 fully saturated rings. The summed E-state index contributed by atoms with van der Waals surface area (Å²) in [5.41, 5.74) is 2.37. The van der Waals surface area contributed by atoms with Crippen LogP contribution in [0.3, 0.4) is 0 Å². The average Bonchev–Trinajstić information content (AvgIpc) is 3.12. The Morgan fingerprint density at radius 2 is 1.79 bits per heavy atom. The maximum absolute atomic E-state index is 10.7. The fourth-order valence-electron chi connectivity index (χ4n) is 7.66. The normalized spacial score (nSPS) is 37.9. The predicted octanol–water partition coefficient (Wildman–Crippen LogP) is 5.43. The molecule has 0 saturated heterocycles. The Morgan fingerprint density at radius 3 is 2.52 bits per heavy atom. The topological polar surface area (TPSA) is 62.6 Å². The highest BCUT2D eigenvalue weighted by molar-refractivity contribution is 6.29. The minimum absolute atomic E-state index is 0.0140. The second-order valence-electron chi connectivity index (χ2n) is 11.1. The number of nitrogens with zero attached hydrogens (tertiary/aromatic N) is 1. The third-order valence-electron chi connectivity index (χ3n) is 9.56. The molecule has 2 N–H and O–H groups in total. The van der Waals surface area contributed by atoms with Crippen LogP contribution >= 0.6 is 11.6 Å². The van der Waals surface area contributed by atoms with Gasteiger partial charge in [0.25, 0.3) is 0 Å². The van der Waals surface area contributed by atoms with E-state index in [0.29, 0.717) is 17.0 Å². The number of aliphatic hydroxyl groups is 2. The van der Waals surface area contributed by atoms with Gasteiger partial charge in [-0.25, -0.2) is 4.98 Å². The van der Waals surface area contributed by atoms with Crippen LogP contribution in [0.25, 0.3) is 0 Å². The SMILES string of the molecule is C[C@]1([C@H]2CC[C@]3(C)c4nc(Cl)ccc4C[C@H]3[C@@H]2CO)CC[C@H](Oc2ccccc2)C[C@@H]1CO. The molecule has 7 atom stereocenters. The van der Waals surface area contributed by atoms with Crippen molar-refractivity contribution in [1.29, 1.82) is 0 Å². The van der Waals surface area contributed by atoms with E-state index >= 15 is 0 Å². The Labute approximate surface area is 202 Å². The number of pyridine rings is 1. The molecule has 0 aliphatic heterocycles. The fourth-order valence-corrected chi connectivity index (χ4v) is 7.81. The number of fused-ring (bicyclic) bond motifs is 3. The molecule has 178 valence electrons. The zero-order valence-electron chi connectivity index (χ0n) is 19.7. The van der Waals surface area contributed by atoms with Crippen LogP contribution in [0, 0.1) is 29.1 Å². The Morgan fingerprint density at radius 1 is 1.00 bits per heavy atom. The van der Waals surface area contributed by atoms with Crippen LogP contribution in [0.2, 0.25) is 5.15 Å². The lowest BCUT2D eigenvalue weighted by Crippen LogP contribution is -2.53. The zero-order chi connectivity index (χ0) is 23.2. The quantitative estimate of drug-likeness (QED) is 0.573. The Kier molecular flexibility index (Phi) is 6.22. The van der Waals surface area contributed by atoms with E-state index in [9.17, 15) is 10.2 Å². The molecule has 0 unspecified atom stereocenters. The first-order chi connectivity index (χ1) is 15.9. The number of rotatable bonds is 5. The van der Waals surface area contributed by atoms with Crippen molar-refractivity contribution in [2.75, 3.05) is 13.2 Å². The molecule has 2 aromatic rings. The summed E-state index contributed by atoms with van der Waals surface area (Å²) < 4.78 is 6.28. The molecule has 5 heteroatoms. The highest BCUT2D eigenvalue weighted by Crippen LogP contribution is 2.61. The van der Waals surface area contributed by atoms with Gasteiger partial charge in [0.2, 0.25) is 0 Å². The fraction of sp³-hybridized carbons (Fsp3) is 0.607. The molecule has 5 rings (SSSR count). The van der Waals surface area contributed by atoms with Gasteiger partial charge in [0.15, 0.2) is 0 Å². The van der Waals surface area contributed by atoms with E-state index in [1.807, 2.05) is 36.4 Å². The molecule has 3 aliphatic rings. The van der Waals surface area contributed by atoms with Gasteiger partial charge in [0.1, 0.15) is 10.9 Å². The number of ether oxygens (including phenoxy) is 1. The summed E-state index contributed by atoms with van der Waals surface area (Å²) in [6.07, 6.45) is 6.03. The van der Waals surface area contributed by atoms with Gasteiger partial charge in [0.05, 0.1) is 11.8 Å². The van der Waals surface area contributed by atoms with Crippen molar-refractivity contribution in [2.45, 2.75) is 63.9 Å². The molecule has 0 bridgehead atoms. The summed E-state index contributed by atoms with van der Waals surface area (Å²) in [6, 6.07) is 14.0. The van der Waals surface area contributed by atoms with E-state index in [1.54, 1.807) is 0 Å². The number of halogens is 1. The van der Waals surface area contributed by atoms with Gasteiger partial charge in [-0.05, 0) is 91.4 Å². The maximum atomic E-state index is 10.7. The van der Waals surface area contributed by atoms with Crippen LogP contribution in [0.15, 0.2) is 42.5 Å². The van der Waals surface area contributed by atoms with Crippen LogP contribution in [-0.2, 0) is 11.8 Å². The lowest BCUT2D eigenvalue weighted by atomic mass is 9.49. The first-order valence-corrected chi connectivity index (χ1v) is 12.9. The lowest BCUT2D eigenvalue weighted by molar-refractivity contribution is -0.0962. The van der Waals surface area contributed by atoms with Crippen molar-refractivity contribution in [3.8, 4) is 5.75 Å². The highest BCUT2D eigenvalue weighted by Gasteiger charge is 2.57. The van der Waals surface area contributed by atoms with E-state index in [2.05, 4.69) is 19.9 Å². The van der Waals surface area contributed by atoms with E-state index in [-0.39, 0.29) is 42.0 Å². The molecule has 0 spiro atoms. The van der Waals surface area contributed by atoms with Crippen molar-refractivity contribution >= 4 is 11.6 Å². The lowest BCUT2D eigenvalue weighted by Gasteiger charge is -2.56.